The molecule has 5 rings (SSSR count). The van der Waals surface area contributed by atoms with E-state index in [1.54, 1.807) is 21.3 Å². The Morgan fingerprint density at radius 3 is 2.38 bits per heavy atom. The van der Waals surface area contributed by atoms with E-state index in [0.29, 0.717) is 24.5 Å². The molecule has 2 atom stereocenters. The van der Waals surface area contributed by atoms with Crippen molar-refractivity contribution in [2.45, 2.75) is 44.8 Å². The molecular weight excluding hydrogens is 404 g/mol. The number of nitrogens with zero attached hydrogens (tertiary/aromatic N) is 1. The highest BCUT2D eigenvalue weighted by molar-refractivity contribution is 6.12. The van der Waals surface area contributed by atoms with Crippen LogP contribution in [0.25, 0.3) is 21.5 Å². The third-order valence-electron chi connectivity index (χ3n) is 6.99. The van der Waals surface area contributed by atoms with Crippen LogP contribution in [0.1, 0.15) is 43.4 Å². The molecule has 1 amide bonds. The lowest BCUT2D eigenvalue weighted by Crippen LogP contribution is -2.46. The first-order chi connectivity index (χ1) is 15.6. The third kappa shape index (κ3) is 3.08. The fraction of sp³-hybridized carbons (Fsp3) is 0.423. The SMILES string of the molecule is CCCN[C@@H]1c2c(c3cc(OC)c(OC)cc3c3cc(OC)ccc23)CN2C(=O)CC[C@@H]12. The lowest BCUT2D eigenvalue weighted by Gasteiger charge is -2.40. The van der Waals surface area contributed by atoms with Crippen molar-refractivity contribution >= 4 is 27.5 Å². The number of carbonyl (C=O) groups is 1. The van der Waals surface area contributed by atoms with Crippen molar-refractivity contribution in [3.8, 4) is 17.2 Å². The second-order valence-electron chi connectivity index (χ2n) is 8.62. The zero-order chi connectivity index (χ0) is 22.4. The van der Waals surface area contributed by atoms with E-state index in [9.17, 15) is 4.79 Å². The van der Waals surface area contributed by atoms with Crippen LogP contribution >= 0.6 is 0 Å². The number of hydrogen-bond donors (Lipinski definition) is 1. The van der Waals surface area contributed by atoms with Crippen molar-refractivity contribution < 1.29 is 19.0 Å². The van der Waals surface area contributed by atoms with Crippen LogP contribution in [0.15, 0.2) is 30.3 Å². The van der Waals surface area contributed by atoms with Crippen LogP contribution in [0, 0.1) is 0 Å². The fourth-order valence-electron chi connectivity index (χ4n) is 5.50. The predicted molar refractivity (Wildman–Crippen MR) is 126 cm³/mol. The summed E-state index contributed by atoms with van der Waals surface area (Å²) in [5, 5.41) is 8.28. The number of carbonyl (C=O) groups excluding carboxylic acids is 1. The summed E-state index contributed by atoms with van der Waals surface area (Å²) in [6.07, 6.45) is 2.54. The van der Waals surface area contributed by atoms with Crippen molar-refractivity contribution in [1.82, 2.24) is 10.2 Å². The number of methoxy groups -OCH3 is 3. The highest BCUT2D eigenvalue weighted by Crippen LogP contribution is 2.47. The topological polar surface area (TPSA) is 60.0 Å². The molecule has 1 fully saturated rings. The van der Waals surface area contributed by atoms with Crippen LogP contribution in [0.3, 0.4) is 0 Å². The largest absolute Gasteiger partial charge is 0.497 e. The van der Waals surface area contributed by atoms with E-state index in [-0.39, 0.29) is 18.0 Å². The first-order valence-corrected chi connectivity index (χ1v) is 11.3. The molecule has 0 aliphatic carbocycles. The van der Waals surface area contributed by atoms with Crippen LogP contribution in [-0.4, -0.2) is 44.7 Å². The summed E-state index contributed by atoms with van der Waals surface area (Å²) in [4.78, 5) is 14.9. The third-order valence-corrected chi connectivity index (χ3v) is 6.99. The molecule has 168 valence electrons. The van der Waals surface area contributed by atoms with Gasteiger partial charge in [-0.25, -0.2) is 0 Å². The Kier molecular flexibility index (Phi) is 5.33. The Bertz CT molecular complexity index is 1210. The molecule has 32 heavy (non-hydrogen) atoms. The molecule has 2 heterocycles. The summed E-state index contributed by atoms with van der Waals surface area (Å²) < 4.78 is 16.8. The Balaban J connectivity index is 1.88. The number of ether oxygens (including phenoxy) is 3. The molecule has 3 aromatic carbocycles. The molecule has 6 nitrogen and oxygen atoms in total. The lowest BCUT2D eigenvalue weighted by atomic mass is 9.82. The Morgan fingerprint density at radius 2 is 1.69 bits per heavy atom. The van der Waals surface area contributed by atoms with E-state index in [1.807, 2.05) is 12.1 Å². The van der Waals surface area contributed by atoms with Crippen molar-refractivity contribution in [3.05, 3.63) is 41.5 Å². The normalized spacial score (nSPS) is 19.9. The quantitative estimate of drug-likeness (QED) is 0.576. The van der Waals surface area contributed by atoms with Crippen molar-refractivity contribution in [3.63, 3.8) is 0 Å². The molecule has 1 saturated heterocycles. The predicted octanol–water partition coefficient (Wildman–Crippen LogP) is 4.56. The highest BCUT2D eigenvalue weighted by Gasteiger charge is 2.43. The molecule has 3 aromatic rings. The molecule has 0 spiro atoms. The summed E-state index contributed by atoms with van der Waals surface area (Å²) in [5.74, 6) is 2.44. The summed E-state index contributed by atoms with van der Waals surface area (Å²) in [5.41, 5.74) is 2.49. The van der Waals surface area contributed by atoms with E-state index >= 15 is 0 Å². The van der Waals surface area contributed by atoms with Crippen molar-refractivity contribution in [2.75, 3.05) is 27.9 Å². The molecule has 2 aliphatic rings. The summed E-state index contributed by atoms with van der Waals surface area (Å²) in [7, 11) is 5.01. The van der Waals surface area contributed by atoms with Gasteiger partial charge in [0.2, 0.25) is 5.91 Å². The van der Waals surface area contributed by atoms with Gasteiger partial charge < -0.3 is 24.4 Å². The smallest absolute Gasteiger partial charge is 0.223 e. The number of nitrogens with one attached hydrogen (secondary N) is 1. The van der Waals surface area contributed by atoms with Gasteiger partial charge in [0.1, 0.15) is 5.75 Å². The maximum atomic E-state index is 12.8. The van der Waals surface area contributed by atoms with E-state index in [4.69, 9.17) is 14.2 Å². The first kappa shape index (κ1) is 20.9. The Labute approximate surface area is 188 Å². The molecule has 0 saturated carbocycles. The summed E-state index contributed by atoms with van der Waals surface area (Å²) >= 11 is 0. The highest BCUT2D eigenvalue weighted by atomic mass is 16.5. The Hall–Kier alpha value is -2.99. The molecule has 0 aromatic heterocycles. The van der Waals surface area contributed by atoms with E-state index < -0.39 is 0 Å². The lowest BCUT2D eigenvalue weighted by molar-refractivity contribution is -0.130. The molecule has 0 bridgehead atoms. The van der Waals surface area contributed by atoms with Gasteiger partial charge in [-0.1, -0.05) is 13.0 Å². The minimum absolute atomic E-state index is 0.0959. The maximum Gasteiger partial charge on any atom is 0.223 e. The van der Waals surface area contributed by atoms with Gasteiger partial charge in [-0.3, -0.25) is 4.79 Å². The molecule has 2 aliphatic heterocycles. The number of hydrogen-bond acceptors (Lipinski definition) is 5. The van der Waals surface area contributed by atoms with Crippen LogP contribution in [0.2, 0.25) is 0 Å². The van der Waals surface area contributed by atoms with Gasteiger partial charge in [-0.15, -0.1) is 0 Å². The van der Waals surface area contributed by atoms with Crippen LogP contribution in [0.4, 0.5) is 0 Å². The number of benzene rings is 3. The standard InChI is InChI=1S/C26H30N2O4/c1-5-10-27-26-21-8-9-24(29)28(21)14-20-19-13-23(32-4)22(31-3)12-18(19)17-11-15(30-2)6-7-16(17)25(20)26/h6-7,11-13,21,26-27H,5,8-10,14H2,1-4H3/t21-,26-/m0/s1. The number of amides is 1. The van der Waals surface area contributed by atoms with Gasteiger partial charge >= 0.3 is 0 Å². The minimum atomic E-state index is 0.0959. The van der Waals surface area contributed by atoms with E-state index in [2.05, 4.69) is 35.3 Å². The maximum absolute atomic E-state index is 12.8. The van der Waals surface area contributed by atoms with Gasteiger partial charge in [0.15, 0.2) is 11.5 Å². The van der Waals surface area contributed by atoms with Gasteiger partial charge in [-0.05, 0) is 76.3 Å². The fourth-order valence-corrected chi connectivity index (χ4v) is 5.50. The molecule has 6 heteroatoms. The molecule has 0 unspecified atom stereocenters. The van der Waals surface area contributed by atoms with Gasteiger partial charge in [0.25, 0.3) is 0 Å². The second-order valence-corrected chi connectivity index (χ2v) is 8.62. The second kappa shape index (κ2) is 8.17. The minimum Gasteiger partial charge on any atom is -0.497 e. The van der Waals surface area contributed by atoms with E-state index in [1.165, 1.54) is 16.5 Å². The summed E-state index contributed by atoms with van der Waals surface area (Å²) in [6, 6.07) is 10.7. The number of rotatable bonds is 6. The zero-order valence-corrected chi connectivity index (χ0v) is 19.2. The average molecular weight is 435 g/mol. The molecular formula is C26H30N2O4. The van der Waals surface area contributed by atoms with Crippen LogP contribution in [0.5, 0.6) is 17.2 Å². The van der Waals surface area contributed by atoms with Gasteiger partial charge in [0, 0.05) is 13.0 Å². The summed E-state index contributed by atoms with van der Waals surface area (Å²) in [6.45, 7) is 3.70. The first-order valence-electron chi connectivity index (χ1n) is 11.3. The zero-order valence-electron chi connectivity index (χ0n) is 19.2. The van der Waals surface area contributed by atoms with Gasteiger partial charge in [0.05, 0.1) is 33.4 Å². The van der Waals surface area contributed by atoms with Crippen molar-refractivity contribution in [2.24, 2.45) is 0 Å². The monoisotopic (exact) mass is 434 g/mol. The van der Waals surface area contributed by atoms with Crippen molar-refractivity contribution in [1.29, 1.82) is 0 Å². The van der Waals surface area contributed by atoms with Gasteiger partial charge in [-0.2, -0.15) is 0 Å². The molecule has 0 radical (unpaired) electrons. The van der Waals surface area contributed by atoms with Crippen LogP contribution < -0.4 is 19.5 Å². The average Bonchev–Trinajstić information content (AvgIpc) is 3.21. The number of fused-ring (bicyclic) bond motifs is 7. The van der Waals surface area contributed by atoms with E-state index in [0.717, 1.165) is 41.3 Å². The Morgan fingerprint density at radius 1 is 0.969 bits per heavy atom. The van der Waals surface area contributed by atoms with Crippen LogP contribution in [-0.2, 0) is 11.3 Å². The molecule has 1 N–H and O–H groups in total.